The van der Waals surface area contributed by atoms with E-state index in [1.165, 1.54) is 35.6 Å². The van der Waals surface area contributed by atoms with Crippen LogP contribution >= 0.6 is 11.3 Å². The lowest BCUT2D eigenvalue weighted by Gasteiger charge is -2.06. The first-order chi connectivity index (χ1) is 13.5. The van der Waals surface area contributed by atoms with Crippen molar-refractivity contribution >= 4 is 28.1 Å². The van der Waals surface area contributed by atoms with Crippen LogP contribution < -0.4 is 10.1 Å². The number of nitrogens with zero attached hydrogens (tertiary/aromatic N) is 2. The Bertz CT molecular complexity index is 975. The summed E-state index contributed by atoms with van der Waals surface area (Å²) in [6.45, 7) is 0.178. The fourth-order valence-electron chi connectivity index (χ4n) is 2.41. The number of aromatic nitrogens is 1. The van der Waals surface area contributed by atoms with Gasteiger partial charge in [-0.3, -0.25) is 14.9 Å². The van der Waals surface area contributed by atoms with Crippen molar-refractivity contribution in [2.24, 2.45) is 0 Å². The van der Waals surface area contributed by atoms with Crippen LogP contribution in [-0.2, 0) is 4.79 Å². The van der Waals surface area contributed by atoms with Gasteiger partial charge in [0, 0.05) is 23.4 Å². The Morgan fingerprint density at radius 1 is 1.21 bits per heavy atom. The number of hydrogen-bond donors (Lipinski definition) is 1. The lowest BCUT2D eigenvalue weighted by Crippen LogP contribution is -2.12. The van der Waals surface area contributed by atoms with Gasteiger partial charge in [0.05, 0.1) is 17.2 Å². The summed E-state index contributed by atoms with van der Waals surface area (Å²) >= 11 is 1.28. The number of nitrogens with one attached hydrogen (secondary N) is 1. The summed E-state index contributed by atoms with van der Waals surface area (Å²) in [7, 11) is 0. The molecule has 9 heteroatoms. The van der Waals surface area contributed by atoms with E-state index in [4.69, 9.17) is 4.74 Å². The van der Waals surface area contributed by atoms with Gasteiger partial charge in [0.2, 0.25) is 5.91 Å². The molecule has 1 N–H and O–H groups in total. The highest BCUT2D eigenvalue weighted by Crippen LogP contribution is 2.26. The van der Waals surface area contributed by atoms with Gasteiger partial charge in [0.15, 0.2) is 10.9 Å². The topological polar surface area (TPSA) is 94.4 Å². The smallest absolute Gasteiger partial charge is 0.310 e. The fourth-order valence-corrected chi connectivity index (χ4v) is 3.15. The van der Waals surface area contributed by atoms with Crippen molar-refractivity contribution < 1.29 is 18.8 Å². The molecule has 0 aliphatic carbocycles. The van der Waals surface area contributed by atoms with E-state index in [9.17, 15) is 19.3 Å². The molecule has 0 spiro atoms. The van der Waals surface area contributed by atoms with Crippen LogP contribution in [0.5, 0.6) is 5.75 Å². The Kier molecular flexibility index (Phi) is 6.28. The number of hydrogen-bond acceptors (Lipinski definition) is 6. The zero-order chi connectivity index (χ0) is 19.9. The number of benzene rings is 2. The molecule has 1 heterocycles. The number of carbonyl (C=O) groups is 1. The van der Waals surface area contributed by atoms with E-state index < -0.39 is 4.92 Å². The van der Waals surface area contributed by atoms with E-state index in [1.807, 2.05) is 0 Å². The predicted molar refractivity (Wildman–Crippen MR) is 104 cm³/mol. The monoisotopic (exact) mass is 401 g/mol. The van der Waals surface area contributed by atoms with Crippen molar-refractivity contribution in [2.45, 2.75) is 12.8 Å². The van der Waals surface area contributed by atoms with E-state index in [-0.39, 0.29) is 36.2 Å². The van der Waals surface area contributed by atoms with Crippen molar-refractivity contribution in [1.82, 2.24) is 4.98 Å². The maximum Gasteiger partial charge on any atom is 0.310 e. The van der Waals surface area contributed by atoms with Gasteiger partial charge in [0.1, 0.15) is 5.82 Å². The quantitative estimate of drug-likeness (QED) is 0.337. The SMILES string of the molecule is O=C(CCCOc1ccccc1[N+](=O)[O-])Nc1nc(-c2ccc(F)cc2)cs1. The van der Waals surface area contributed by atoms with Gasteiger partial charge in [-0.25, -0.2) is 9.37 Å². The number of halogens is 1. The third-order valence-corrected chi connectivity index (χ3v) is 4.52. The highest BCUT2D eigenvalue weighted by Gasteiger charge is 2.14. The number of rotatable bonds is 8. The molecule has 1 aromatic heterocycles. The highest BCUT2D eigenvalue weighted by molar-refractivity contribution is 7.14. The van der Waals surface area contributed by atoms with Gasteiger partial charge in [-0.05, 0) is 36.8 Å². The van der Waals surface area contributed by atoms with Crippen molar-refractivity contribution in [3.63, 3.8) is 0 Å². The zero-order valence-corrected chi connectivity index (χ0v) is 15.4. The fraction of sp³-hybridized carbons (Fsp3) is 0.158. The Morgan fingerprint density at radius 3 is 2.71 bits per heavy atom. The first-order valence-corrected chi connectivity index (χ1v) is 9.28. The molecule has 0 radical (unpaired) electrons. The molecule has 0 aliphatic heterocycles. The molecule has 28 heavy (non-hydrogen) atoms. The van der Waals surface area contributed by atoms with Crippen LogP contribution in [0.25, 0.3) is 11.3 Å². The minimum atomic E-state index is -0.511. The zero-order valence-electron chi connectivity index (χ0n) is 14.6. The van der Waals surface area contributed by atoms with Crippen LogP contribution in [-0.4, -0.2) is 22.4 Å². The number of amides is 1. The number of nitro benzene ring substituents is 1. The van der Waals surface area contributed by atoms with E-state index in [2.05, 4.69) is 10.3 Å². The van der Waals surface area contributed by atoms with Crippen LogP contribution in [0.4, 0.5) is 15.2 Å². The van der Waals surface area contributed by atoms with E-state index in [0.717, 1.165) is 5.56 Å². The molecule has 7 nitrogen and oxygen atoms in total. The minimum absolute atomic E-state index is 0.108. The first-order valence-electron chi connectivity index (χ1n) is 8.40. The van der Waals surface area contributed by atoms with Gasteiger partial charge >= 0.3 is 5.69 Å². The van der Waals surface area contributed by atoms with Crippen LogP contribution in [0.3, 0.4) is 0 Å². The van der Waals surface area contributed by atoms with Gasteiger partial charge < -0.3 is 10.1 Å². The Morgan fingerprint density at radius 2 is 1.96 bits per heavy atom. The predicted octanol–water partition coefficient (Wildman–Crippen LogP) is 4.66. The summed E-state index contributed by atoms with van der Waals surface area (Å²) in [6, 6.07) is 12.0. The molecule has 3 aromatic rings. The number of thiazole rings is 1. The summed E-state index contributed by atoms with van der Waals surface area (Å²) in [4.78, 5) is 26.8. The lowest BCUT2D eigenvalue weighted by atomic mass is 10.2. The third kappa shape index (κ3) is 5.10. The first kappa shape index (κ1) is 19.4. The molecule has 1 amide bonds. The molecule has 0 aliphatic rings. The number of anilines is 1. The van der Waals surface area contributed by atoms with E-state index in [0.29, 0.717) is 17.2 Å². The number of carbonyl (C=O) groups excluding carboxylic acids is 1. The van der Waals surface area contributed by atoms with Crippen molar-refractivity contribution in [3.05, 3.63) is 69.8 Å². The molecule has 0 saturated heterocycles. The molecule has 0 fully saturated rings. The molecule has 0 atom stereocenters. The third-order valence-electron chi connectivity index (χ3n) is 3.76. The molecule has 144 valence electrons. The maximum atomic E-state index is 13.0. The second-order valence-corrected chi connectivity index (χ2v) is 6.63. The number of nitro groups is 1. The standard InChI is InChI=1S/C19H16FN3O4S/c20-14-9-7-13(8-10-14)15-12-28-19(21-15)22-18(24)6-3-11-27-17-5-2-1-4-16(17)23(25)26/h1-2,4-5,7-10,12H,3,6,11H2,(H,21,22,24). The van der Waals surface area contributed by atoms with Crippen molar-refractivity contribution in [2.75, 3.05) is 11.9 Å². The van der Waals surface area contributed by atoms with Crippen LogP contribution in [0.2, 0.25) is 0 Å². The molecule has 0 bridgehead atoms. The average molecular weight is 401 g/mol. The molecular formula is C19H16FN3O4S. The average Bonchev–Trinajstić information content (AvgIpc) is 3.14. The number of para-hydroxylation sites is 2. The Hall–Kier alpha value is -3.33. The van der Waals surface area contributed by atoms with Crippen LogP contribution in [0, 0.1) is 15.9 Å². The second-order valence-electron chi connectivity index (χ2n) is 5.77. The van der Waals surface area contributed by atoms with Crippen molar-refractivity contribution in [1.29, 1.82) is 0 Å². The molecule has 0 saturated carbocycles. The Labute approximate surface area is 164 Å². The molecular weight excluding hydrogens is 385 g/mol. The van der Waals surface area contributed by atoms with Gasteiger partial charge in [0.25, 0.3) is 0 Å². The largest absolute Gasteiger partial charge is 0.487 e. The highest BCUT2D eigenvalue weighted by atomic mass is 32.1. The maximum absolute atomic E-state index is 13.0. The second kappa shape index (κ2) is 9.05. The summed E-state index contributed by atoms with van der Waals surface area (Å²) in [5.41, 5.74) is 1.30. The normalized spacial score (nSPS) is 10.5. The van der Waals surface area contributed by atoms with E-state index in [1.54, 1.807) is 29.6 Å². The Balaban J connectivity index is 1.46. The van der Waals surface area contributed by atoms with Crippen molar-refractivity contribution in [3.8, 4) is 17.0 Å². The molecule has 2 aromatic carbocycles. The molecule has 3 rings (SSSR count). The summed E-state index contributed by atoms with van der Waals surface area (Å²) < 4.78 is 18.4. The van der Waals surface area contributed by atoms with E-state index >= 15 is 0 Å². The van der Waals surface area contributed by atoms with Crippen LogP contribution in [0.15, 0.2) is 53.9 Å². The molecule has 0 unspecified atom stereocenters. The van der Waals surface area contributed by atoms with Gasteiger partial charge in [-0.15, -0.1) is 11.3 Å². The van der Waals surface area contributed by atoms with Gasteiger partial charge in [-0.2, -0.15) is 0 Å². The van der Waals surface area contributed by atoms with Crippen LogP contribution in [0.1, 0.15) is 12.8 Å². The summed E-state index contributed by atoms with van der Waals surface area (Å²) in [5, 5.41) is 15.9. The summed E-state index contributed by atoms with van der Waals surface area (Å²) in [5.74, 6) is -0.376. The van der Waals surface area contributed by atoms with Gasteiger partial charge in [-0.1, -0.05) is 12.1 Å². The lowest BCUT2D eigenvalue weighted by molar-refractivity contribution is -0.385. The number of ether oxygens (including phenoxy) is 1. The minimum Gasteiger partial charge on any atom is -0.487 e. The summed E-state index contributed by atoms with van der Waals surface area (Å²) in [6.07, 6.45) is 0.584.